The van der Waals surface area contributed by atoms with Gasteiger partial charge in [-0.2, -0.15) is 0 Å². The lowest BCUT2D eigenvalue weighted by atomic mass is 9.92. The number of esters is 1. The normalized spacial score (nSPS) is 29.7. The molecule has 2 unspecified atom stereocenters. The fourth-order valence-corrected chi connectivity index (χ4v) is 2.00. The van der Waals surface area contributed by atoms with Crippen molar-refractivity contribution in [3.05, 3.63) is 0 Å². The molecule has 16 heavy (non-hydrogen) atoms. The van der Waals surface area contributed by atoms with E-state index in [1.807, 2.05) is 21.0 Å². The van der Waals surface area contributed by atoms with Crippen molar-refractivity contribution in [3.8, 4) is 0 Å². The first-order valence-electron chi connectivity index (χ1n) is 5.62. The molecule has 0 bridgehead atoms. The van der Waals surface area contributed by atoms with E-state index >= 15 is 0 Å². The summed E-state index contributed by atoms with van der Waals surface area (Å²) in [6.45, 7) is 4.14. The van der Waals surface area contributed by atoms with Crippen molar-refractivity contribution in [2.24, 2.45) is 0 Å². The molecular formula is C11H22N2O3. The SMILES string of the molecule is COC(=O)C1(NCCN(C)C)CCOC1C. The van der Waals surface area contributed by atoms with Crippen LogP contribution in [0, 0.1) is 0 Å². The van der Waals surface area contributed by atoms with Crippen LogP contribution in [-0.2, 0) is 14.3 Å². The van der Waals surface area contributed by atoms with E-state index in [1.165, 1.54) is 7.11 Å². The Morgan fingerprint density at radius 3 is 2.75 bits per heavy atom. The van der Waals surface area contributed by atoms with E-state index in [0.717, 1.165) is 13.1 Å². The zero-order valence-corrected chi connectivity index (χ0v) is 10.6. The first-order valence-corrected chi connectivity index (χ1v) is 5.62. The molecule has 1 heterocycles. The van der Waals surface area contributed by atoms with Crippen molar-refractivity contribution >= 4 is 5.97 Å². The van der Waals surface area contributed by atoms with Gasteiger partial charge in [-0.3, -0.25) is 5.32 Å². The molecule has 0 aromatic rings. The van der Waals surface area contributed by atoms with E-state index < -0.39 is 5.54 Å². The van der Waals surface area contributed by atoms with Gasteiger partial charge < -0.3 is 14.4 Å². The lowest BCUT2D eigenvalue weighted by Gasteiger charge is -2.30. The third-order valence-electron chi connectivity index (χ3n) is 3.11. The van der Waals surface area contributed by atoms with E-state index in [-0.39, 0.29) is 12.1 Å². The van der Waals surface area contributed by atoms with Gasteiger partial charge in [0.15, 0.2) is 0 Å². The second kappa shape index (κ2) is 5.61. The first kappa shape index (κ1) is 13.4. The van der Waals surface area contributed by atoms with E-state index in [9.17, 15) is 4.79 Å². The van der Waals surface area contributed by atoms with Crippen molar-refractivity contribution in [2.75, 3.05) is 40.9 Å². The third-order valence-corrected chi connectivity index (χ3v) is 3.11. The molecule has 1 aliphatic rings. The van der Waals surface area contributed by atoms with Gasteiger partial charge in [-0.05, 0) is 21.0 Å². The third kappa shape index (κ3) is 2.72. The topological polar surface area (TPSA) is 50.8 Å². The van der Waals surface area contributed by atoms with Crippen LogP contribution in [-0.4, -0.2) is 63.4 Å². The minimum Gasteiger partial charge on any atom is -0.468 e. The maximum Gasteiger partial charge on any atom is 0.328 e. The van der Waals surface area contributed by atoms with Crippen molar-refractivity contribution in [2.45, 2.75) is 25.0 Å². The standard InChI is InChI=1S/C11H22N2O3/c1-9-11(5-8-16-9,10(14)15-4)12-6-7-13(2)3/h9,12H,5-8H2,1-4H3. The Morgan fingerprint density at radius 2 is 2.31 bits per heavy atom. The quantitative estimate of drug-likeness (QED) is 0.666. The van der Waals surface area contributed by atoms with Gasteiger partial charge in [0.2, 0.25) is 0 Å². The van der Waals surface area contributed by atoms with Crippen molar-refractivity contribution in [1.29, 1.82) is 0 Å². The molecule has 5 heteroatoms. The van der Waals surface area contributed by atoms with Crippen LogP contribution in [0.3, 0.4) is 0 Å². The van der Waals surface area contributed by atoms with Crippen LogP contribution < -0.4 is 5.32 Å². The first-order chi connectivity index (χ1) is 7.53. The zero-order valence-electron chi connectivity index (χ0n) is 10.6. The Balaban J connectivity index is 2.61. The van der Waals surface area contributed by atoms with Crippen LogP contribution in [0.2, 0.25) is 0 Å². The molecule has 0 aromatic heterocycles. The summed E-state index contributed by atoms with van der Waals surface area (Å²) in [6, 6.07) is 0. The van der Waals surface area contributed by atoms with Gasteiger partial charge in [0.05, 0.1) is 13.2 Å². The number of carbonyl (C=O) groups is 1. The Hall–Kier alpha value is -0.650. The second-order valence-corrected chi connectivity index (χ2v) is 4.46. The van der Waals surface area contributed by atoms with Crippen molar-refractivity contribution < 1.29 is 14.3 Å². The molecule has 0 radical (unpaired) electrons. The van der Waals surface area contributed by atoms with Crippen LogP contribution in [0.1, 0.15) is 13.3 Å². The van der Waals surface area contributed by atoms with Crippen LogP contribution in [0.5, 0.6) is 0 Å². The summed E-state index contributed by atoms with van der Waals surface area (Å²) in [6.07, 6.45) is 0.538. The van der Waals surface area contributed by atoms with E-state index in [4.69, 9.17) is 9.47 Å². The molecule has 0 amide bonds. The minimum absolute atomic E-state index is 0.137. The van der Waals surface area contributed by atoms with Crippen LogP contribution >= 0.6 is 0 Å². The maximum absolute atomic E-state index is 11.8. The summed E-state index contributed by atoms with van der Waals surface area (Å²) in [5, 5.41) is 3.29. The van der Waals surface area contributed by atoms with Gasteiger partial charge in [0, 0.05) is 26.1 Å². The number of rotatable bonds is 5. The maximum atomic E-state index is 11.8. The number of hydrogen-bond acceptors (Lipinski definition) is 5. The predicted molar refractivity (Wildman–Crippen MR) is 61.3 cm³/mol. The summed E-state index contributed by atoms with van der Waals surface area (Å²) in [4.78, 5) is 13.9. The largest absolute Gasteiger partial charge is 0.468 e. The summed E-state index contributed by atoms with van der Waals surface area (Å²) in [5.41, 5.74) is -0.662. The highest BCUT2D eigenvalue weighted by atomic mass is 16.5. The number of hydrogen-bond donors (Lipinski definition) is 1. The molecule has 0 aromatic carbocycles. The van der Waals surface area contributed by atoms with Crippen molar-refractivity contribution in [3.63, 3.8) is 0 Å². The summed E-state index contributed by atoms with van der Waals surface area (Å²) in [5.74, 6) is -0.226. The second-order valence-electron chi connectivity index (χ2n) is 4.46. The van der Waals surface area contributed by atoms with Crippen LogP contribution in [0.25, 0.3) is 0 Å². The van der Waals surface area contributed by atoms with E-state index in [0.29, 0.717) is 13.0 Å². The fourth-order valence-electron chi connectivity index (χ4n) is 2.00. The van der Waals surface area contributed by atoms with Gasteiger partial charge in [-0.1, -0.05) is 0 Å². The molecule has 1 N–H and O–H groups in total. The molecule has 0 spiro atoms. The van der Waals surface area contributed by atoms with E-state index in [1.54, 1.807) is 0 Å². The molecule has 1 aliphatic heterocycles. The molecule has 1 rings (SSSR count). The number of carbonyl (C=O) groups excluding carboxylic acids is 1. The molecule has 0 aliphatic carbocycles. The highest BCUT2D eigenvalue weighted by Gasteiger charge is 2.48. The number of ether oxygens (including phenoxy) is 2. The smallest absolute Gasteiger partial charge is 0.328 e. The van der Waals surface area contributed by atoms with Crippen LogP contribution in [0.15, 0.2) is 0 Å². The summed E-state index contributed by atoms with van der Waals surface area (Å²) in [7, 11) is 5.42. The molecule has 0 saturated carbocycles. The number of nitrogens with zero attached hydrogens (tertiary/aromatic N) is 1. The average molecular weight is 230 g/mol. The lowest BCUT2D eigenvalue weighted by molar-refractivity contribution is -0.150. The number of likely N-dealkylation sites (N-methyl/N-ethyl adjacent to an activating group) is 1. The molecule has 2 atom stereocenters. The average Bonchev–Trinajstić information content (AvgIpc) is 2.60. The Labute approximate surface area is 97.1 Å². The highest BCUT2D eigenvalue weighted by Crippen LogP contribution is 2.26. The fraction of sp³-hybridized carbons (Fsp3) is 0.909. The molecule has 1 saturated heterocycles. The highest BCUT2D eigenvalue weighted by molar-refractivity contribution is 5.82. The Morgan fingerprint density at radius 1 is 1.62 bits per heavy atom. The molecule has 1 fully saturated rings. The summed E-state index contributed by atoms with van der Waals surface area (Å²) >= 11 is 0. The Kier molecular flexibility index (Phi) is 4.70. The Bertz CT molecular complexity index is 245. The van der Waals surface area contributed by atoms with Gasteiger partial charge in [0.1, 0.15) is 5.54 Å². The van der Waals surface area contributed by atoms with Gasteiger partial charge in [0.25, 0.3) is 0 Å². The molecule has 94 valence electrons. The van der Waals surface area contributed by atoms with Gasteiger partial charge in [-0.25, -0.2) is 4.79 Å². The van der Waals surface area contributed by atoms with Crippen molar-refractivity contribution in [1.82, 2.24) is 10.2 Å². The van der Waals surface area contributed by atoms with Crippen LogP contribution in [0.4, 0.5) is 0 Å². The number of methoxy groups -OCH3 is 1. The zero-order chi connectivity index (χ0) is 12.2. The molecule has 5 nitrogen and oxygen atoms in total. The van der Waals surface area contributed by atoms with Gasteiger partial charge >= 0.3 is 5.97 Å². The predicted octanol–water partition coefficient (Wildman–Crippen LogP) is -0.142. The lowest BCUT2D eigenvalue weighted by Crippen LogP contribution is -2.58. The monoisotopic (exact) mass is 230 g/mol. The minimum atomic E-state index is -0.662. The van der Waals surface area contributed by atoms with Gasteiger partial charge in [-0.15, -0.1) is 0 Å². The summed E-state index contributed by atoms with van der Waals surface area (Å²) < 4.78 is 10.3. The van der Waals surface area contributed by atoms with E-state index in [2.05, 4.69) is 10.2 Å². The molecular weight excluding hydrogens is 208 g/mol. The number of nitrogens with one attached hydrogen (secondary N) is 1.